The van der Waals surface area contributed by atoms with Gasteiger partial charge in [-0.2, -0.15) is 0 Å². The summed E-state index contributed by atoms with van der Waals surface area (Å²) in [5.74, 6) is 0. The van der Waals surface area contributed by atoms with Gasteiger partial charge in [0.2, 0.25) is 0 Å². The molecule has 0 fully saturated rings. The Hall–Kier alpha value is -14.2. The molecular weight excluding hydrogens is 1500 g/mol. The second-order valence-corrected chi connectivity index (χ2v) is 39.3. The molecule has 3 aliphatic heterocycles. The molecule has 558 valence electrons. The topological polar surface area (TPSA) is 66.0 Å². The highest BCUT2D eigenvalue weighted by atomic mass is 31.2. The second-order valence-electron chi connectivity index (χ2n) is 31.4. The molecule has 0 radical (unpaired) electrons. The van der Waals surface area contributed by atoms with E-state index in [0.29, 0.717) is 0 Å². The van der Waals surface area contributed by atoms with Crippen LogP contribution in [0.5, 0.6) is 0 Å². The zero-order chi connectivity index (χ0) is 78.8. The Morgan fingerprint density at radius 1 is 0.168 bits per heavy atom. The molecule has 0 aliphatic carbocycles. The fourth-order valence-corrected chi connectivity index (χ4v) is 30.8. The van der Waals surface area contributed by atoms with Gasteiger partial charge in [-0.25, -0.2) is 0 Å². The molecule has 23 aromatic rings. The van der Waals surface area contributed by atoms with Gasteiger partial charge in [0, 0.05) is 96.8 Å². The van der Waals surface area contributed by atoms with Gasteiger partial charge in [-0.1, -0.05) is 358 Å². The van der Waals surface area contributed by atoms with Crippen LogP contribution in [0.15, 0.2) is 425 Å². The fourth-order valence-electron chi connectivity index (χ4n) is 20.3. The maximum Gasteiger partial charge on any atom is 0.173 e. The summed E-state index contributed by atoms with van der Waals surface area (Å²) in [6, 6.07) is 148. The van der Waals surface area contributed by atoms with E-state index < -0.39 is 21.4 Å². The van der Waals surface area contributed by atoms with Crippen LogP contribution in [-0.4, -0.2) is 13.7 Å². The maximum absolute atomic E-state index is 16.1. The SMILES string of the molecule is O=P1(c2ccccc2)c2c(ccc3ccccc23)-c2ccc3c(c21)c1ccccc1n3-c1ccc2ccccc2c1.O=P1(c2ccccc2)c2c(ccc3ccccc23)-c2ccc3c(c21)c1ccccc1n3-c1cccc2ccccc12.O=P1(c2ccccc2)c2c(ccc3ccccc23)-c2ccc3c(c21)c1ccccc1n3-c1ccccc1. The van der Waals surface area contributed by atoms with Crippen molar-refractivity contribution in [3.63, 3.8) is 0 Å². The van der Waals surface area contributed by atoms with Crippen molar-refractivity contribution in [1.29, 1.82) is 0 Å². The van der Waals surface area contributed by atoms with Gasteiger partial charge < -0.3 is 27.4 Å². The minimum absolute atomic E-state index is 0.880. The third kappa shape index (κ3) is 9.95. The Balaban J connectivity index is 0.000000102. The summed E-state index contributed by atoms with van der Waals surface area (Å²) in [7, 11) is -9.66. The first-order valence-corrected chi connectivity index (χ1v) is 45.7. The fraction of sp³-hybridized carbons (Fsp3) is 0. The molecule has 0 N–H and O–H groups in total. The first kappa shape index (κ1) is 69.1. The molecule has 0 saturated carbocycles. The van der Waals surface area contributed by atoms with Crippen LogP contribution in [0, 0.1) is 0 Å². The summed E-state index contributed by atoms with van der Waals surface area (Å²) in [5.41, 5.74) is 16.4. The van der Waals surface area contributed by atoms with E-state index in [1.54, 1.807) is 0 Å². The van der Waals surface area contributed by atoms with E-state index in [1.807, 2.05) is 97.1 Å². The quantitative estimate of drug-likeness (QED) is 0.156. The summed E-state index contributed by atoms with van der Waals surface area (Å²) in [6.07, 6.45) is 0. The van der Waals surface area contributed by atoms with Crippen molar-refractivity contribution in [1.82, 2.24) is 13.7 Å². The van der Waals surface area contributed by atoms with Crippen LogP contribution in [0.1, 0.15) is 0 Å². The maximum atomic E-state index is 16.1. The summed E-state index contributed by atoms with van der Waals surface area (Å²) >= 11 is 0. The lowest BCUT2D eigenvalue weighted by molar-refractivity contribution is 0.592. The number of fused-ring (bicyclic) bond motifs is 29. The van der Waals surface area contributed by atoms with Crippen LogP contribution in [-0.2, 0) is 13.7 Å². The standard InChI is InChI=1S/2C38H24NOP.C34H22NOP/c40-41(27-14-2-1-3-15-27)37-29-17-7-5-12-26(29)21-22-30(37)31-23-24-35-36(38(31)41)32-18-8-9-19-34(32)39(35)33-20-10-13-25-11-4-6-16-28(25)33;40-41(29-13-2-1-3-14-29)37-30-15-7-6-11-26(30)19-21-31(37)32-22-23-35-36(38(32)41)33-16-8-9-17-34(33)39(35)28-20-18-25-10-4-5-12-27(25)24-28;36-37(25-14-5-2-6-15-25)33-26-16-8-7-11-23(26)19-20-27(33)28-21-22-31-32(34(28)37)29-17-9-10-18-30(29)35(31)24-12-3-1-4-13-24/h2*1-24H;1-22H. The van der Waals surface area contributed by atoms with E-state index in [2.05, 4.69) is 341 Å². The molecule has 3 unspecified atom stereocenters. The molecule has 3 aromatic heterocycles. The van der Waals surface area contributed by atoms with Crippen LogP contribution >= 0.6 is 21.4 Å². The van der Waals surface area contributed by atoms with Crippen molar-refractivity contribution in [2.24, 2.45) is 0 Å². The molecule has 0 saturated heterocycles. The minimum atomic E-state index is -3.24. The van der Waals surface area contributed by atoms with E-state index in [9.17, 15) is 0 Å². The summed E-state index contributed by atoms with van der Waals surface area (Å²) in [5, 5.41) is 26.4. The molecule has 3 atom stereocenters. The molecule has 0 amide bonds. The van der Waals surface area contributed by atoms with Crippen molar-refractivity contribution < 1.29 is 13.7 Å². The Morgan fingerprint density at radius 3 is 0.857 bits per heavy atom. The zero-order valence-electron chi connectivity index (χ0n) is 64.3. The molecule has 3 aliphatic rings. The number of hydrogen-bond acceptors (Lipinski definition) is 3. The Bertz CT molecular complexity index is 8400. The lowest BCUT2D eigenvalue weighted by Crippen LogP contribution is -2.22. The molecule has 0 spiro atoms. The van der Waals surface area contributed by atoms with E-state index in [-0.39, 0.29) is 0 Å². The molecular formula is C110H70N3O3P3. The monoisotopic (exact) mass is 1570 g/mol. The molecule has 6 nitrogen and oxygen atoms in total. The second kappa shape index (κ2) is 26.7. The van der Waals surface area contributed by atoms with E-state index in [4.69, 9.17) is 0 Å². The van der Waals surface area contributed by atoms with E-state index in [1.165, 1.54) is 21.5 Å². The minimum Gasteiger partial charge on any atom is -0.309 e. The highest BCUT2D eigenvalue weighted by molar-refractivity contribution is 7.88. The van der Waals surface area contributed by atoms with Crippen molar-refractivity contribution in [3.05, 3.63) is 425 Å². The Labute approximate surface area is 686 Å². The lowest BCUT2D eigenvalue weighted by atomic mass is 9.99. The number of benzene rings is 20. The van der Waals surface area contributed by atoms with Crippen LogP contribution < -0.4 is 47.7 Å². The third-order valence-electron chi connectivity index (χ3n) is 25.3. The molecule has 119 heavy (non-hydrogen) atoms. The Morgan fingerprint density at radius 2 is 0.445 bits per heavy atom. The van der Waals surface area contributed by atoms with Gasteiger partial charge in [0.1, 0.15) is 0 Å². The van der Waals surface area contributed by atoms with Gasteiger partial charge in [-0.3, -0.25) is 0 Å². The van der Waals surface area contributed by atoms with Crippen molar-refractivity contribution in [3.8, 4) is 50.4 Å². The van der Waals surface area contributed by atoms with Gasteiger partial charge in [0.25, 0.3) is 0 Å². The van der Waals surface area contributed by atoms with Gasteiger partial charge in [-0.05, 0) is 149 Å². The average Bonchev–Trinajstić information content (AvgIpc) is 1.53. The predicted octanol–water partition coefficient (Wildman–Crippen LogP) is 25.0. The van der Waals surface area contributed by atoms with Crippen molar-refractivity contribution >= 4 is 188 Å². The molecule has 6 heterocycles. The molecule has 9 heteroatoms. The molecule has 26 rings (SSSR count). The van der Waals surface area contributed by atoms with Crippen LogP contribution in [0.2, 0.25) is 0 Å². The number of hydrogen-bond donors (Lipinski definition) is 0. The lowest BCUT2D eigenvalue weighted by Gasteiger charge is -2.18. The Kier molecular flexibility index (Phi) is 15.5. The van der Waals surface area contributed by atoms with E-state index >= 15 is 13.7 Å². The summed E-state index contributed by atoms with van der Waals surface area (Å²) in [4.78, 5) is 0. The highest BCUT2D eigenvalue weighted by Gasteiger charge is 2.47. The summed E-state index contributed by atoms with van der Waals surface area (Å²) < 4.78 is 55.0. The highest BCUT2D eigenvalue weighted by Crippen LogP contribution is 2.60. The average molecular weight is 1570 g/mol. The molecule has 0 bridgehead atoms. The van der Waals surface area contributed by atoms with Crippen LogP contribution in [0.25, 0.3) is 170 Å². The normalized spacial score (nSPS) is 16.1. The first-order chi connectivity index (χ1) is 58.7. The van der Waals surface area contributed by atoms with E-state index in [0.717, 1.165) is 196 Å². The number of nitrogens with zero attached hydrogens (tertiary/aromatic N) is 3. The smallest absolute Gasteiger partial charge is 0.173 e. The summed E-state index contributed by atoms with van der Waals surface area (Å²) in [6.45, 7) is 0. The largest absolute Gasteiger partial charge is 0.309 e. The first-order valence-electron chi connectivity index (χ1n) is 40.5. The molecule has 20 aromatic carbocycles. The third-order valence-corrected chi connectivity index (χ3v) is 35.0. The number of para-hydroxylation sites is 4. The predicted molar refractivity (Wildman–Crippen MR) is 505 cm³/mol. The zero-order valence-corrected chi connectivity index (χ0v) is 67.0. The van der Waals surface area contributed by atoms with Gasteiger partial charge in [0.05, 0.1) is 38.8 Å². The van der Waals surface area contributed by atoms with Crippen molar-refractivity contribution in [2.45, 2.75) is 0 Å². The number of rotatable bonds is 6. The van der Waals surface area contributed by atoms with Crippen LogP contribution in [0.4, 0.5) is 0 Å². The van der Waals surface area contributed by atoms with Crippen molar-refractivity contribution in [2.75, 3.05) is 0 Å². The van der Waals surface area contributed by atoms with Gasteiger partial charge in [0.15, 0.2) is 21.4 Å². The van der Waals surface area contributed by atoms with Gasteiger partial charge >= 0.3 is 0 Å². The number of aromatic nitrogens is 3. The van der Waals surface area contributed by atoms with Gasteiger partial charge in [-0.15, -0.1) is 0 Å². The van der Waals surface area contributed by atoms with Crippen LogP contribution in [0.3, 0.4) is 0 Å².